The summed E-state index contributed by atoms with van der Waals surface area (Å²) in [6.07, 6.45) is 0.357. The van der Waals surface area contributed by atoms with Gasteiger partial charge in [0, 0.05) is 11.1 Å². The lowest BCUT2D eigenvalue weighted by Gasteiger charge is -2.29. The lowest BCUT2D eigenvalue weighted by molar-refractivity contribution is -0.144. The molecule has 0 bridgehead atoms. The number of benzene rings is 1. The Morgan fingerprint density at radius 2 is 2.00 bits per heavy atom. The van der Waals surface area contributed by atoms with Crippen LogP contribution in [0.4, 0.5) is 0 Å². The van der Waals surface area contributed by atoms with E-state index in [1.54, 1.807) is 0 Å². The third-order valence-corrected chi connectivity index (χ3v) is 3.39. The molecule has 1 aromatic carbocycles. The fourth-order valence-corrected chi connectivity index (χ4v) is 2.41. The molecule has 0 spiro atoms. The largest absolute Gasteiger partial charge is 0.466 e. The van der Waals surface area contributed by atoms with Crippen molar-refractivity contribution in [2.24, 2.45) is 0 Å². The third-order valence-electron chi connectivity index (χ3n) is 3.15. The first kappa shape index (κ1) is 16.0. The average Bonchev–Trinajstić information content (AvgIpc) is 2.39. The van der Waals surface area contributed by atoms with E-state index in [1.807, 2.05) is 31.2 Å². The molecule has 0 aliphatic rings. The molecule has 0 heterocycles. The molecule has 0 saturated heterocycles. The summed E-state index contributed by atoms with van der Waals surface area (Å²) in [7, 11) is 0. The Kier molecular flexibility index (Phi) is 6.89. The Morgan fingerprint density at radius 1 is 1.32 bits per heavy atom. The van der Waals surface area contributed by atoms with Gasteiger partial charge in [-0.2, -0.15) is 0 Å². The van der Waals surface area contributed by atoms with E-state index in [0.29, 0.717) is 18.1 Å². The van der Waals surface area contributed by atoms with Crippen LogP contribution in [-0.4, -0.2) is 30.6 Å². The number of carbonyl (C=O) groups excluding carboxylic acids is 1. The number of rotatable bonds is 7. The van der Waals surface area contributed by atoms with Gasteiger partial charge in [0.15, 0.2) is 0 Å². The Labute approximate surface area is 120 Å². The summed E-state index contributed by atoms with van der Waals surface area (Å²) in [6.45, 7) is 8.18. The molecule has 0 N–H and O–H groups in total. The van der Waals surface area contributed by atoms with E-state index in [-0.39, 0.29) is 12.0 Å². The van der Waals surface area contributed by atoms with Gasteiger partial charge < -0.3 is 4.74 Å². The van der Waals surface area contributed by atoms with Gasteiger partial charge in [-0.1, -0.05) is 37.6 Å². The van der Waals surface area contributed by atoms with Crippen LogP contribution in [0.2, 0.25) is 5.02 Å². The van der Waals surface area contributed by atoms with Crippen molar-refractivity contribution in [2.75, 3.05) is 19.7 Å². The SMILES string of the molecule is CCOC(=O)CC(c1cccc(Cl)c1)N(CC)CC. The molecular weight excluding hydrogens is 262 g/mol. The summed E-state index contributed by atoms with van der Waals surface area (Å²) in [6, 6.07) is 7.71. The molecule has 0 aliphatic heterocycles. The second-order valence-corrected chi connectivity index (χ2v) is 4.74. The number of carbonyl (C=O) groups is 1. The van der Waals surface area contributed by atoms with Gasteiger partial charge in [0.05, 0.1) is 13.0 Å². The lowest BCUT2D eigenvalue weighted by atomic mass is 10.0. The fourth-order valence-electron chi connectivity index (χ4n) is 2.21. The second-order valence-electron chi connectivity index (χ2n) is 4.30. The lowest BCUT2D eigenvalue weighted by Crippen LogP contribution is -2.30. The smallest absolute Gasteiger partial charge is 0.307 e. The monoisotopic (exact) mass is 283 g/mol. The molecule has 0 radical (unpaired) electrons. The van der Waals surface area contributed by atoms with E-state index in [4.69, 9.17) is 16.3 Å². The molecule has 0 amide bonds. The highest BCUT2D eigenvalue weighted by atomic mass is 35.5. The molecule has 0 aromatic heterocycles. The molecule has 4 heteroatoms. The van der Waals surface area contributed by atoms with E-state index in [9.17, 15) is 4.79 Å². The zero-order valence-electron chi connectivity index (χ0n) is 11.9. The summed E-state index contributed by atoms with van der Waals surface area (Å²) in [5, 5.41) is 0.693. The summed E-state index contributed by atoms with van der Waals surface area (Å²) >= 11 is 6.04. The second kappa shape index (κ2) is 8.18. The van der Waals surface area contributed by atoms with Gasteiger partial charge in [0.25, 0.3) is 0 Å². The Bertz CT molecular complexity index is 405. The van der Waals surface area contributed by atoms with Crippen molar-refractivity contribution in [3.63, 3.8) is 0 Å². The molecule has 0 saturated carbocycles. The highest BCUT2D eigenvalue weighted by Crippen LogP contribution is 2.26. The van der Waals surface area contributed by atoms with E-state index in [0.717, 1.165) is 18.7 Å². The van der Waals surface area contributed by atoms with Crippen LogP contribution < -0.4 is 0 Å². The maximum Gasteiger partial charge on any atom is 0.307 e. The van der Waals surface area contributed by atoms with Crippen LogP contribution in [0.3, 0.4) is 0 Å². The van der Waals surface area contributed by atoms with Gasteiger partial charge in [-0.25, -0.2) is 0 Å². The van der Waals surface area contributed by atoms with Crippen molar-refractivity contribution < 1.29 is 9.53 Å². The number of halogens is 1. The van der Waals surface area contributed by atoms with Gasteiger partial charge >= 0.3 is 5.97 Å². The van der Waals surface area contributed by atoms with E-state index < -0.39 is 0 Å². The van der Waals surface area contributed by atoms with Crippen molar-refractivity contribution >= 4 is 17.6 Å². The topological polar surface area (TPSA) is 29.5 Å². The summed E-state index contributed by atoms with van der Waals surface area (Å²) in [5.74, 6) is -0.167. The van der Waals surface area contributed by atoms with Gasteiger partial charge in [-0.3, -0.25) is 9.69 Å². The normalized spacial score (nSPS) is 12.5. The van der Waals surface area contributed by atoms with E-state index >= 15 is 0 Å². The van der Waals surface area contributed by atoms with Gasteiger partial charge in [-0.05, 0) is 37.7 Å². The summed E-state index contributed by atoms with van der Waals surface area (Å²) < 4.78 is 5.06. The Balaban J connectivity index is 2.94. The Morgan fingerprint density at radius 3 is 2.53 bits per heavy atom. The van der Waals surface area contributed by atoms with Crippen molar-refractivity contribution in [3.8, 4) is 0 Å². The first-order valence-corrected chi connectivity index (χ1v) is 7.15. The molecular formula is C15H22ClNO2. The van der Waals surface area contributed by atoms with Crippen LogP contribution >= 0.6 is 11.6 Å². The fraction of sp³-hybridized carbons (Fsp3) is 0.533. The van der Waals surface area contributed by atoms with Crippen LogP contribution in [0.25, 0.3) is 0 Å². The van der Waals surface area contributed by atoms with Crippen LogP contribution in [-0.2, 0) is 9.53 Å². The van der Waals surface area contributed by atoms with Crippen molar-refractivity contribution in [2.45, 2.75) is 33.2 Å². The maximum atomic E-state index is 11.8. The summed E-state index contributed by atoms with van der Waals surface area (Å²) in [5.41, 5.74) is 1.06. The minimum absolute atomic E-state index is 0.0211. The minimum Gasteiger partial charge on any atom is -0.466 e. The van der Waals surface area contributed by atoms with Crippen LogP contribution in [0.15, 0.2) is 24.3 Å². The van der Waals surface area contributed by atoms with Crippen molar-refractivity contribution in [1.82, 2.24) is 4.90 Å². The highest BCUT2D eigenvalue weighted by molar-refractivity contribution is 6.30. The van der Waals surface area contributed by atoms with E-state index in [2.05, 4.69) is 18.7 Å². The molecule has 1 unspecified atom stereocenters. The number of hydrogen-bond acceptors (Lipinski definition) is 3. The van der Waals surface area contributed by atoms with Crippen molar-refractivity contribution in [1.29, 1.82) is 0 Å². The molecule has 3 nitrogen and oxygen atoms in total. The Hall–Kier alpha value is -1.06. The zero-order chi connectivity index (χ0) is 14.3. The van der Waals surface area contributed by atoms with E-state index in [1.165, 1.54) is 0 Å². The standard InChI is InChI=1S/C15H22ClNO2/c1-4-17(5-2)14(11-15(18)19-6-3)12-8-7-9-13(16)10-12/h7-10,14H,4-6,11H2,1-3H3. The predicted octanol–water partition coefficient (Wildman–Crippen LogP) is 3.68. The van der Waals surface area contributed by atoms with Crippen LogP contribution in [0.1, 0.15) is 38.8 Å². The molecule has 0 aliphatic carbocycles. The first-order valence-electron chi connectivity index (χ1n) is 6.77. The number of esters is 1. The molecule has 1 rings (SSSR count). The molecule has 19 heavy (non-hydrogen) atoms. The van der Waals surface area contributed by atoms with Crippen molar-refractivity contribution in [3.05, 3.63) is 34.9 Å². The molecule has 0 fully saturated rings. The van der Waals surface area contributed by atoms with Gasteiger partial charge in [-0.15, -0.1) is 0 Å². The molecule has 106 valence electrons. The molecule has 1 aromatic rings. The van der Waals surface area contributed by atoms with Gasteiger partial charge in [0.1, 0.15) is 0 Å². The zero-order valence-corrected chi connectivity index (χ0v) is 12.6. The highest BCUT2D eigenvalue weighted by Gasteiger charge is 2.22. The number of nitrogens with zero attached hydrogens (tertiary/aromatic N) is 1. The van der Waals surface area contributed by atoms with Crippen LogP contribution in [0, 0.1) is 0 Å². The number of hydrogen-bond donors (Lipinski definition) is 0. The third kappa shape index (κ3) is 4.84. The summed E-state index contributed by atoms with van der Waals surface area (Å²) in [4.78, 5) is 14.0. The maximum absolute atomic E-state index is 11.8. The average molecular weight is 284 g/mol. The number of ether oxygens (including phenoxy) is 1. The van der Waals surface area contributed by atoms with Gasteiger partial charge in [0.2, 0.25) is 0 Å². The molecule has 1 atom stereocenters. The quantitative estimate of drug-likeness (QED) is 0.715. The minimum atomic E-state index is -0.167. The first-order chi connectivity index (χ1) is 9.12. The van der Waals surface area contributed by atoms with Crippen LogP contribution in [0.5, 0.6) is 0 Å². The predicted molar refractivity (Wildman–Crippen MR) is 78.4 cm³/mol.